The maximum absolute atomic E-state index is 12.4. The van der Waals surface area contributed by atoms with E-state index in [0.717, 1.165) is 26.1 Å². The van der Waals surface area contributed by atoms with Crippen molar-refractivity contribution >= 4 is 27.0 Å². The van der Waals surface area contributed by atoms with E-state index < -0.39 is 10.0 Å². The van der Waals surface area contributed by atoms with Gasteiger partial charge in [-0.3, -0.25) is 4.90 Å². The maximum atomic E-state index is 12.4. The van der Waals surface area contributed by atoms with Crippen LogP contribution in [0.3, 0.4) is 0 Å². The van der Waals surface area contributed by atoms with Crippen molar-refractivity contribution in [2.24, 2.45) is 11.8 Å². The molecule has 1 aromatic heterocycles. The van der Waals surface area contributed by atoms with Gasteiger partial charge in [-0.2, -0.15) is 0 Å². The lowest BCUT2D eigenvalue weighted by Gasteiger charge is -2.50. The minimum Gasteiger partial charge on any atom is -0.374 e. The van der Waals surface area contributed by atoms with Crippen LogP contribution in [0.25, 0.3) is 0 Å². The predicted octanol–water partition coefficient (Wildman–Crippen LogP) is 2.87. The third-order valence-electron chi connectivity index (χ3n) is 5.99. The van der Waals surface area contributed by atoms with E-state index in [-0.39, 0.29) is 0 Å². The zero-order valence-electron chi connectivity index (χ0n) is 15.6. The summed E-state index contributed by atoms with van der Waals surface area (Å²) in [4.78, 5) is 4.83. The number of rotatable bonds is 7. The average Bonchev–Trinajstić information content (AvgIpc) is 3.24. The van der Waals surface area contributed by atoms with Gasteiger partial charge < -0.3 is 4.90 Å². The normalized spacial score (nSPS) is 27.6. The van der Waals surface area contributed by atoms with Crippen LogP contribution in [0.4, 0.5) is 5.69 Å². The molecule has 7 heteroatoms. The van der Waals surface area contributed by atoms with Gasteiger partial charge in [-0.25, -0.2) is 13.1 Å². The number of piperidine rings is 3. The van der Waals surface area contributed by atoms with Gasteiger partial charge in [-0.05, 0) is 54.8 Å². The van der Waals surface area contributed by atoms with E-state index in [1.54, 1.807) is 17.5 Å². The molecule has 1 N–H and O–H groups in total. The number of hydrogen-bond donors (Lipinski definition) is 1. The summed E-state index contributed by atoms with van der Waals surface area (Å²) in [6.07, 6.45) is 2.31. The topological polar surface area (TPSA) is 52.6 Å². The number of nitrogens with one attached hydrogen (secondary N) is 1. The summed E-state index contributed by atoms with van der Waals surface area (Å²) in [5.41, 5.74) is 1.26. The Balaban J connectivity index is 1.34. The number of sulfonamides is 1. The highest BCUT2D eigenvalue weighted by Gasteiger charge is 2.40. The summed E-state index contributed by atoms with van der Waals surface area (Å²) in [6, 6.07) is 14.3. The molecule has 0 saturated carbocycles. The van der Waals surface area contributed by atoms with Crippen LogP contribution in [0, 0.1) is 11.8 Å². The molecule has 4 unspecified atom stereocenters. The second kappa shape index (κ2) is 7.91. The first kappa shape index (κ1) is 18.9. The summed E-state index contributed by atoms with van der Waals surface area (Å²) in [5.74, 6) is 1.33. The first-order valence-corrected chi connectivity index (χ1v) is 11.9. The van der Waals surface area contributed by atoms with E-state index in [1.807, 2.05) is 6.07 Å². The molecule has 3 aliphatic heterocycles. The van der Waals surface area contributed by atoms with Crippen molar-refractivity contribution < 1.29 is 8.42 Å². The summed E-state index contributed by atoms with van der Waals surface area (Å²) < 4.78 is 28.0. The van der Waals surface area contributed by atoms with Crippen molar-refractivity contribution in [3.63, 3.8) is 0 Å². The van der Waals surface area contributed by atoms with Crippen LogP contribution in [0.15, 0.2) is 52.1 Å². The Morgan fingerprint density at radius 3 is 2.70 bits per heavy atom. The Morgan fingerprint density at radius 1 is 1.22 bits per heavy atom. The van der Waals surface area contributed by atoms with Gasteiger partial charge in [0.2, 0.25) is 10.0 Å². The highest BCUT2D eigenvalue weighted by Crippen LogP contribution is 2.37. The monoisotopic (exact) mass is 405 g/mol. The fourth-order valence-corrected chi connectivity index (χ4v) is 6.61. The molecular weight excluding hydrogens is 378 g/mol. The Morgan fingerprint density at radius 2 is 2.04 bits per heavy atom. The minimum absolute atomic E-state index is 0.316. The van der Waals surface area contributed by atoms with Gasteiger partial charge in [0.25, 0.3) is 0 Å². The number of thiophene rings is 1. The number of anilines is 1. The molecule has 2 aromatic rings. The van der Waals surface area contributed by atoms with Crippen LogP contribution >= 0.6 is 11.3 Å². The molecule has 3 fully saturated rings. The number of para-hydroxylation sites is 1. The Labute approximate surface area is 166 Å². The third kappa shape index (κ3) is 4.21. The fourth-order valence-electron chi connectivity index (χ4n) is 4.50. The highest BCUT2D eigenvalue weighted by atomic mass is 32.2. The smallest absolute Gasteiger partial charge is 0.250 e. The number of fused-ring (bicyclic) bond motifs is 3. The van der Waals surface area contributed by atoms with Gasteiger partial charge in [0, 0.05) is 38.4 Å². The highest BCUT2D eigenvalue weighted by molar-refractivity contribution is 7.91. The van der Waals surface area contributed by atoms with Gasteiger partial charge in [-0.15, -0.1) is 11.3 Å². The van der Waals surface area contributed by atoms with Crippen molar-refractivity contribution in [3.05, 3.63) is 47.8 Å². The largest absolute Gasteiger partial charge is 0.374 e. The summed E-state index contributed by atoms with van der Waals surface area (Å²) in [7, 11) is -1.20. The molecule has 5 rings (SSSR count). The molecule has 0 radical (unpaired) electrons. The van der Waals surface area contributed by atoms with E-state index >= 15 is 0 Å². The van der Waals surface area contributed by atoms with Crippen molar-refractivity contribution in [1.82, 2.24) is 9.62 Å². The molecule has 1 aromatic carbocycles. The summed E-state index contributed by atoms with van der Waals surface area (Å²) in [6.45, 7) is 3.71. The van der Waals surface area contributed by atoms with Gasteiger partial charge >= 0.3 is 0 Å². The number of benzene rings is 1. The molecule has 4 heterocycles. The lowest BCUT2D eigenvalue weighted by molar-refractivity contribution is 0.00693. The molecule has 0 spiro atoms. The van der Waals surface area contributed by atoms with Crippen LogP contribution < -0.4 is 9.62 Å². The standard InChI is InChI=1S/C20H27N3O2S2/c1-22(18-6-3-2-4-7-18)14-17-15-23-10-9-16(17)12-19(23)13-21-27(24,25)20-8-5-11-26-20/h2-8,11,16-17,19,21H,9-10,12-15H2,1H3. The molecule has 146 valence electrons. The van der Waals surface area contributed by atoms with Crippen LogP contribution in [0.5, 0.6) is 0 Å². The van der Waals surface area contributed by atoms with E-state index in [1.165, 1.54) is 23.4 Å². The Hall–Kier alpha value is -1.41. The first-order valence-electron chi connectivity index (χ1n) is 9.56. The Bertz CT molecular complexity index is 839. The average molecular weight is 406 g/mol. The van der Waals surface area contributed by atoms with Crippen molar-refractivity contribution in [3.8, 4) is 0 Å². The second-order valence-corrected chi connectivity index (χ2v) is 10.6. The lowest BCUT2D eigenvalue weighted by atomic mass is 9.75. The zero-order valence-corrected chi connectivity index (χ0v) is 17.3. The van der Waals surface area contributed by atoms with E-state index in [2.05, 4.69) is 45.8 Å². The van der Waals surface area contributed by atoms with E-state index in [9.17, 15) is 8.42 Å². The van der Waals surface area contributed by atoms with Crippen LogP contribution in [-0.2, 0) is 10.0 Å². The number of nitrogens with zero attached hydrogens (tertiary/aromatic N) is 2. The van der Waals surface area contributed by atoms with E-state index in [0.29, 0.717) is 28.6 Å². The molecule has 4 atom stereocenters. The van der Waals surface area contributed by atoms with Gasteiger partial charge in [0.1, 0.15) is 4.21 Å². The SMILES string of the molecule is CN(CC1CN2CCC1CC2CNS(=O)(=O)c1cccs1)c1ccccc1. The third-order valence-corrected chi connectivity index (χ3v) is 8.81. The first-order chi connectivity index (χ1) is 13.0. The second-order valence-electron chi connectivity index (χ2n) is 7.69. The quantitative estimate of drug-likeness (QED) is 0.770. The van der Waals surface area contributed by atoms with Gasteiger partial charge in [0.05, 0.1) is 0 Å². The molecule has 3 aliphatic rings. The van der Waals surface area contributed by atoms with Crippen LogP contribution in [-0.4, -0.2) is 52.6 Å². The molecule has 3 saturated heterocycles. The molecule has 0 aliphatic carbocycles. The summed E-state index contributed by atoms with van der Waals surface area (Å²) >= 11 is 1.27. The summed E-state index contributed by atoms with van der Waals surface area (Å²) in [5, 5.41) is 1.80. The van der Waals surface area contributed by atoms with Crippen molar-refractivity contribution in [1.29, 1.82) is 0 Å². The Kier molecular flexibility index (Phi) is 5.55. The van der Waals surface area contributed by atoms with Gasteiger partial charge in [0.15, 0.2) is 0 Å². The molecule has 27 heavy (non-hydrogen) atoms. The lowest BCUT2D eigenvalue weighted by Crippen LogP contribution is -2.58. The fraction of sp³-hybridized carbons (Fsp3) is 0.500. The number of hydrogen-bond acceptors (Lipinski definition) is 5. The van der Waals surface area contributed by atoms with Crippen molar-refractivity contribution in [2.45, 2.75) is 23.1 Å². The van der Waals surface area contributed by atoms with Crippen molar-refractivity contribution in [2.75, 3.05) is 38.1 Å². The van der Waals surface area contributed by atoms with Gasteiger partial charge in [-0.1, -0.05) is 24.3 Å². The van der Waals surface area contributed by atoms with Crippen LogP contribution in [0.2, 0.25) is 0 Å². The maximum Gasteiger partial charge on any atom is 0.250 e. The zero-order chi connectivity index (χ0) is 18.9. The molecule has 5 nitrogen and oxygen atoms in total. The van der Waals surface area contributed by atoms with Crippen LogP contribution in [0.1, 0.15) is 12.8 Å². The molecular formula is C20H27N3O2S2. The predicted molar refractivity (Wildman–Crippen MR) is 111 cm³/mol. The molecule has 0 amide bonds. The minimum atomic E-state index is -3.37. The van der Waals surface area contributed by atoms with E-state index in [4.69, 9.17) is 0 Å². The molecule has 2 bridgehead atoms.